The lowest BCUT2D eigenvalue weighted by atomic mass is 10.0. The average Bonchev–Trinajstić information content (AvgIpc) is 2.90. The Bertz CT molecular complexity index is 819. The molecule has 0 unspecified atom stereocenters. The molecule has 0 atom stereocenters. The van der Waals surface area contributed by atoms with Crippen LogP contribution in [0.3, 0.4) is 0 Å². The second-order valence-electron chi connectivity index (χ2n) is 5.02. The minimum atomic E-state index is 0.565. The SMILES string of the molecule is CC(=NO)c1ccc2[nH]c3ccc(C(C)=NO)cc3c2c1. The second-order valence-corrected chi connectivity index (χ2v) is 5.02. The lowest BCUT2D eigenvalue weighted by molar-refractivity contribution is 0.319. The number of rotatable bonds is 2. The maximum absolute atomic E-state index is 8.91. The highest BCUT2D eigenvalue weighted by atomic mass is 16.4. The van der Waals surface area contributed by atoms with Gasteiger partial charge in [-0.05, 0) is 49.2 Å². The van der Waals surface area contributed by atoms with E-state index >= 15 is 0 Å². The van der Waals surface area contributed by atoms with Gasteiger partial charge in [-0.2, -0.15) is 0 Å². The number of H-pyrrole nitrogens is 1. The van der Waals surface area contributed by atoms with Gasteiger partial charge in [0.1, 0.15) is 0 Å². The number of oxime groups is 2. The fourth-order valence-corrected chi connectivity index (χ4v) is 2.46. The summed E-state index contributed by atoms with van der Waals surface area (Å²) >= 11 is 0. The van der Waals surface area contributed by atoms with Gasteiger partial charge in [-0.15, -0.1) is 0 Å². The minimum Gasteiger partial charge on any atom is -0.411 e. The van der Waals surface area contributed by atoms with Crippen molar-refractivity contribution in [3.8, 4) is 0 Å². The Morgan fingerprint density at radius 1 is 0.810 bits per heavy atom. The maximum Gasteiger partial charge on any atom is 0.0837 e. The summed E-state index contributed by atoms with van der Waals surface area (Å²) in [5, 5.41) is 26.4. The topological polar surface area (TPSA) is 81.0 Å². The Morgan fingerprint density at radius 3 is 1.62 bits per heavy atom. The van der Waals surface area contributed by atoms with Crippen LogP contribution in [0, 0.1) is 0 Å². The Hall–Kier alpha value is -2.82. The summed E-state index contributed by atoms with van der Waals surface area (Å²) < 4.78 is 0. The smallest absolute Gasteiger partial charge is 0.0837 e. The van der Waals surface area contributed by atoms with E-state index in [1.54, 1.807) is 13.8 Å². The summed E-state index contributed by atoms with van der Waals surface area (Å²) in [7, 11) is 0. The third-order valence-corrected chi connectivity index (χ3v) is 3.73. The standard InChI is InChI=1S/C16H15N3O2/c1-9(18-20)11-3-5-15-13(7-11)14-8-12(10(2)19-21)4-6-16(14)17-15/h3-8,17,20-21H,1-2H3. The van der Waals surface area contributed by atoms with Crippen LogP contribution in [0.2, 0.25) is 0 Å². The lowest BCUT2D eigenvalue weighted by Crippen LogP contribution is -1.94. The van der Waals surface area contributed by atoms with E-state index in [4.69, 9.17) is 10.4 Å². The highest BCUT2D eigenvalue weighted by molar-refractivity contribution is 6.12. The van der Waals surface area contributed by atoms with E-state index in [2.05, 4.69) is 15.3 Å². The van der Waals surface area contributed by atoms with Crippen molar-refractivity contribution < 1.29 is 10.4 Å². The van der Waals surface area contributed by atoms with Crippen LogP contribution in [0.5, 0.6) is 0 Å². The Kier molecular flexibility index (Phi) is 3.10. The van der Waals surface area contributed by atoms with Gasteiger partial charge in [0.05, 0.1) is 11.4 Å². The van der Waals surface area contributed by atoms with E-state index in [1.165, 1.54) is 0 Å². The Labute approximate surface area is 121 Å². The van der Waals surface area contributed by atoms with Gasteiger partial charge < -0.3 is 15.4 Å². The molecule has 2 aromatic carbocycles. The summed E-state index contributed by atoms with van der Waals surface area (Å²) in [4.78, 5) is 3.34. The van der Waals surface area contributed by atoms with Crippen molar-refractivity contribution >= 4 is 33.2 Å². The van der Waals surface area contributed by atoms with Gasteiger partial charge in [-0.1, -0.05) is 22.4 Å². The number of hydrogen-bond donors (Lipinski definition) is 3. The molecule has 0 aliphatic carbocycles. The number of aromatic nitrogens is 1. The van der Waals surface area contributed by atoms with Gasteiger partial charge in [-0.25, -0.2) is 0 Å². The molecular weight excluding hydrogens is 266 g/mol. The second kappa shape index (κ2) is 4.94. The van der Waals surface area contributed by atoms with Gasteiger partial charge in [0.15, 0.2) is 0 Å². The average molecular weight is 281 g/mol. The molecule has 106 valence electrons. The first-order chi connectivity index (χ1) is 10.1. The molecule has 3 aromatic rings. The molecule has 0 spiro atoms. The zero-order valence-corrected chi connectivity index (χ0v) is 11.8. The number of aromatic amines is 1. The number of nitrogens with zero attached hydrogens (tertiary/aromatic N) is 2. The predicted molar refractivity (Wildman–Crippen MR) is 83.8 cm³/mol. The monoisotopic (exact) mass is 281 g/mol. The van der Waals surface area contributed by atoms with Crippen LogP contribution >= 0.6 is 0 Å². The molecule has 0 radical (unpaired) electrons. The number of benzene rings is 2. The van der Waals surface area contributed by atoms with Crippen LogP contribution in [0.25, 0.3) is 21.8 Å². The molecule has 1 heterocycles. The summed E-state index contributed by atoms with van der Waals surface area (Å²) in [6.45, 7) is 3.51. The zero-order valence-electron chi connectivity index (χ0n) is 11.8. The molecule has 0 amide bonds. The minimum absolute atomic E-state index is 0.565. The van der Waals surface area contributed by atoms with Crippen molar-refractivity contribution in [1.82, 2.24) is 4.98 Å². The van der Waals surface area contributed by atoms with Crippen LogP contribution in [0.4, 0.5) is 0 Å². The number of hydrogen-bond acceptors (Lipinski definition) is 4. The number of fused-ring (bicyclic) bond motifs is 3. The Balaban J connectivity index is 2.31. The van der Waals surface area contributed by atoms with E-state index in [9.17, 15) is 0 Å². The Morgan fingerprint density at radius 2 is 1.24 bits per heavy atom. The normalized spacial score (nSPS) is 13.2. The fourth-order valence-electron chi connectivity index (χ4n) is 2.46. The van der Waals surface area contributed by atoms with E-state index in [0.29, 0.717) is 11.4 Å². The largest absolute Gasteiger partial charge is 0.411 e. The third-order valence-electron chi connectivity index (χ3n) is 3.73. The highest BCUT2D eigenvalue weighted by Gasteiger charge is 2.08. The van der Waals surface area contributed by atoms with Crippen molar-refractivity contribution in [2.45, 2.75) is 13.8 Å². The summed E-state index contributed by atoms with van der Waals surface area (Å²) in [5.41, 5.74) is 4.88. The van der Waals surface area contributed by atoms with Gasteiger partial charge in [0.25, 0.3) is 0 Å². The maximum atomic E-state index is 8.91. The van der Waals surface area contributed by atoms with Crippen LogP contribution in [-0.2, 0) is 0 Å². The van der Waals surface area contributed by atoms with Crippen molar-refractivity contribution in [2.75, 3.05) is 0 Å². The van der Waals surface area contributed by atoms with Crippen LogP contribution in [0.1, 0.15) is 25.0 Å². The molecule has 0 saturated carbocycles. The molecule has 0 saturated heterocycles. The first-order valence-electron chi connectivity index (χ1n) is 6.57. The first kappa shape index (κ1) is 13.2. The van der Waals surface area contributed by atoms with Crippen LogP contribution < -0.4 is 0 Å². The van der Waals surface area contributed by atoms with Crippen molar-refractivity contribution in [3.63, 3.8) is 0 Å². The lowest BCUT2D eigenvalue weighted by Gasteiger charge is -2.00. The summed E-state index contributed by atoms with van der Waals surface area (Å²) in [6.07, 6.45) is 0. The molecule has 3 rings (SSSR count). The molecule has 3 N–H and O–H groups in total. The first-order valence-corrected chi connectivity index (χ1v) is 6.57. The van der Waals surface area contributed by atoms with Crippen molar-refractivity contribution in [2.24, 2.45) is 10.3 Å². The fraction of sp³-hybridized carbons (Fsp3) is 0.125. The van der Waals surface area contributed by atoms with Crippen LogP contribution in [-0.4, -0.2) is 26.8 Å². The third kappa shape index (κ3) is 2.12. The van der Waals surface area contributed by atoms with E-state index < -0.39 is 0 Å². The van der Waals surface area contributed by atoms with E-state index in [-0.39, 0.29) is 0 Å². The molecule has 21 heavy (non-hydrogen) atoms. The number of nitrogens with one attached hydrogen (secondary N) is 1. The zero-order chi connectivity index (χ0) is 15.0. The molecule has 0 bridgehead atoms. The molecule has 0 aliphatic heterocycles. The van der Waals surface area contributed by atoms with Gasteiger partial charge in [-0.3, -0.25) is 0 Å². The van der Waals surface area contributed by atoms with Crippen molar-refractivity contribution in [3.05, 3.63) is 47.5 Å². The van der Waals surface area contributed by atoms with Crippen LogP contribution in [0.15, 0.2) is 46.7 Å². The quantitative estimate of drug-likeness (QED) is 0.380. The van der Waals surface area contributed by atoms with Gasteiger partial charge >= 0.3 is 0 Å². The predicted octanol–water partition coefficient (Wildman–Crippen LogP) is 3.72. The molecule has 5 nitrogen and oxygen atoms in total. The van der Waals surface area contributed by atoms with Gasteiger partial charge in [0.2, 0.25) is 0 Å². The molecule has 1 aromatic heterocycles. The van der Waals surface area contributed by atoms with E-state index in [0.717, 1.165) is 32.9 Å². The van der Waals surface area contributed by atoms with E-state index in [1.807, 2.05) is 36.4 Å². The molecule has 0 aliphatic rings. The highest BCUT2D eigenvalue weighted by Crippen LogP contribution is 2.27. The van der Waals surface area contributed by atoms with Crippen molar-refractivity contribution in [1.29, 1.82) is 0 Å². The molecule has 0 fully saturated rings. The molecule has 5 heteroatoms. The summed E-state index contributed by atoms with van der Waals surface area (Å²) in [6, 6.07) is 11.7. The van der Waals surface area contributed by atoms with Gasteiger partial charge in [0, 0.05) is 21.8 Å². The molecular formula is C16H15N3O2. The summed E-state index contributed by atoms with van der Waals surface area (Å²) in [5.74, 6) is 0.